The lowest BCUT2D eigenvalue weighted by Gasteiger charge is -2.25. The van der Waals surface area contributed by atoms with Crippen molar-refractivity contribution < 1.29 is 14.0 Å². The molecule has 0 radical (unpaired) electrons. The number of furan rings is 1. The molecule has 0 aliphatic carbocycles. The van der Waals surface area contributed by atoms with E-state index in [9.17, 15) is 9.59 Å². The van der Waals surface area contributed by atoms with Crippen LogP contribution in [-0.2, 0) is 4.79 Å². The maximum Gasteiger partial charge on any atom is 0.255 e. The third-order valence-electron chi connectivity index (χ3n) is 3.95. The molecule has 6 heteroatoms. The molecule has 2 amide bonds. The van der Waals surface area contributed by atoms with Crippen molar-refractivity contribution in [2.75, 3.05) is 11.9 Å². The van der Waals surface area contributed by atoms with Crippen molar-refractivity contribution >= 4 is 17.5 Å². The molecular weight excluding hydrogens is 318 g/mol. The summed E-state index contributed by atoms with van der Waals surface area (Å²) in [5, 5.41) is 8.97. The molecule has 0 aliphatic heterocycles. The van der Waals surface area contributed by atoms with E-state index in [1.807, 2.05) is 30.3 Å². The summed E-state index contributed by atoms with van der Waals surface area (Å²) in [6, 6.07) is 10.9. The number of amides is 2. The van der Waals surface area contributed by atoms with Crippen molar-refractivity contribution in [3.8, 4) is 0 Å². The second-order valence-corrected chi connectivity index (χ2v) is 6.31. The molecule has 6 nitrogen and oxygen atoms in total. The van der Waals surface area contributed by atoms with Gasteiger partial charge in [-0.3, -0.25) is 9.59 Å². The van der Waals surface area contributed by atoms with Gasteiger partial charge in [0.2, 0.25) is 5.91 Å². The number of para-hydroxylation sites is 1. The number of nitrogens with one attached hydrogen (secondary N) is 3. The summed E-state index contributed by atoms with van der Waals surface area (Å²) < 4.78 is 4.87. The molecule has 0 fully saturated rings. The van der Waals surface area contributed by atoms with E-state index in [0.717, 1.165) is 5.69 Å². The van der Waals surface area contributed by atoms with Gasteiger partial charge in [-0.05, 0) is 31.0 Å². The molecule has 0 saturated heterocycles. The summed E-state index contributed by atoms with van der Waals surface area (Å²) in [5.41, 5.74) is 1.40. The maximum absolute atomic E-state index is 12.3. The van der Waals surface area contributed by atoms with Crippen molar-refractivity contribution in [3.63, 3.8) is 0 Å². The molecule has 1 heterocycles. The Balaban J connectivity index is 1.84. The van der Waals surface area contributed by atoms with E-state index >= 15 is 0 Å². The number of rotatable bonds is 8. The quantitative estimate of drug-likeness (QED) is 0.688. The monoisotopic (exact) mass is 343 g/mol. The topological polar surface area (TPSA) is 83.4 Å². The Labute approximate surface area is 148 Å². The van der Waals surface area contributed by atoms with Crippen molar-refractivity contribution in [2.24, 2.45) is 5.92 Å². The Bertz CT molecular complexity index is 668. The molecule has 2 rings (SSSR count). The van der Waals surface area contributed by atoms with Crippen LogP contribution < -0.4 is 16.0 Å². The zero-order chi connectivity index (χ0) is 18.2. The Hall–Kier alpha value is -2.76. The summed E-state index contributed by atoms with van der Waals surface area (Å²) in [4.78, 5) is 24.2. The van der Waals surface area contributed by atoms with Gasteiger partial charge in [0.05, 0.1) is 11.8 Å². The van der Waals surface area contributed by atoms with Crippen LogP contribution in [0.15, 0.2) is 53.3 Å². The first-order valence-corrected chi connectivity index (χ1v) is 8.39. The number of carbonyl (C=O) groups excluding carboxylic acids is 2. The minimum Gasteiger partial charge on any atom is -0.472 e. The van der Waals surface area contributed by atoms with Gasteiger partial charge < -0.3 is 20.4 Å². The highest BCUT2D eigenvalue weighted by molar-refractivity contribution is 5.97. The van der Waals surface area contributed by atoms with E-state index < -0.39 is 6.04 Å². The van der Waals surface area contributed by atoms with Gasteiger partial charge in [0.25, 0.3) is 5.91 Å². The maximum atomic E-state index is 12.3. The highest BCUT2D eigenvalue weighted by Gasteiger charge is 2.19. The molecule has 1 aromatic heterocycles. The highest BCUT2D eigenvalue weighted by atomic mass is 16.3. The average Bonchev–Trinajstić information content (AvgIpc) is 3.13. The van der Waals surface area contributed by atoms with Gasteiger partial charge in [-0.15, -0.1) is 0 Å². The van der Waals surface area contributed by atoms with Crippen LogP contribution in [0.4, 0.5) is 5.69 Å². The van der Waals surface area contributed by atoms with E-state index in [2.05, 4.69) is 29.8 Å². The molecule has 3 N–H and O–H groups in total. The molecule has 0 aliphatic rings. The Morgan fingerprint density at radius 3 is 2.40 bits per heavy atom. The van der Waals surface area contributed by atoms with E-state index in [0.29, 0.717) is 18.0 Å². The molecule has 0 saturated carbocycles. The first-order chi connectivity index (χ1) is 12.0. The van der Waals surface area contributed by atoms with Gasteiger partial charge in [0.1, 0.15) is 12.3 Å². The second-order valence-electron chi connectivity index (χ2n) is 6.31. The molecule has 2 atom stereocenters. The van der Waals surface area contributed by atoms with Crippen LogP contribution in [0.1, 0.15) is 31.1 Å². The predicted octanol–water partition coefficient (Wildman–Crippen LogP) is 2.65. The van der Waals surface area contributed by atoms with Crippen LogP contribution >= 0.6 is 0 Å². The summed E-state index contributed by atoms with van der Waals surface area (Å²) in [7, 11) is 0. The summed E-state index contributed by atoms with van der Waals surface area (Å²) in [6.45, 7) is 6.31. The van der Waals surface area contributed by atoms with E-state index in [4.69, 9.17) is 4.42 Å². The summed E-state index contributed by atoms with van der Waals surface area (Å²) >= 11 is 0. The third kappa shape index (κ3) is 5.67. The number of carbonyl (C=O) groups is 2. The first kappa shape index (κ1) is 18.6. The molecule has 0 bridgehead atoms. The fourth-order valence-electron chi connectivity index (χ4n) is 2.30. The van der Waals surface area contributed by atoms with E-state index in [1.54, 1.807) is 13.0 Å². The minimum absolute atomic E-state index is 0.0862. The molecule has 2 unspecified atom stereocenters. The lowest BCUT2D eigenvalue weighted by atomic mass is 10.0. The van der Waals surface area contributed by atoms with Crippen molar-refractivity contribution in [1.29, 1.82) is 0 Å². The largest absolute Gasteiger partial charge is 0.472 e. The fraction of sp³-hybridized carbons (Fsp3) is 0.368. The standard InChI is InChI=1S/C19H25N3O3/c1-13(2)17(22-16-7-5-4-6-8-16)11-20-18(23)14(3)21-19(24)15-9-10-25-12-15/h4-10,12-14,17,22H,11H2,1-3H3,(H,20,23)(H,21,24). The van der Waals surface area contributed by atoms with Crippen LogP contribution in [0.5, 0.6) is 0 Å². The SMILES string of the molecule is CC(NC(=O)c1ccoc1)C(=O)NCC(Nc1ccccc1)C(C)C. The van der Waals surface area contributed by atoms with Gasteiger partial charge in [-0.2, -0.15) is 0 Å². The molecule has 1 aromatic carbocycles. The number of hydrogen-bond donors (Lipinski definition) is 3. The second kappa shape index (κ2) is 8.92. The van der Waals surface area contributed by atoms with E-state index in [1.165, 1.54) is 12.5 Å². The number of hydrogen-bond acceptors (Lipinski definition) is 4. The van der Waals surface area contributed by atoms with Crippen molar-refractivity contribution in [3.05, 3.63) is 54.5 Å². The van der Waals surface area contributed by atoms with Gasteiger partial charge in [-0.25, -0.2) is 0 Å². The van der Waals surface area contributed by atoms with Gasteiger partial charge >= 0.3 is 0 Å². The Kier molecular flexibility index (Phi) is 6.62. The third-order valence-corrected chi connectivity index (χ3v) is 3.95. The number of anilines is 1. The Morgan fingerprint density at radius 2 is 1.80 bits per heavy atom. The van der Waals surface area contributed by atoms with Gasteiger partial charge in [0, 0.05) is 18.3 Å². The van der Waals surface area contributed by atoms with Crippen LogP contribution in [0.3, 0.4) is 0 Å². The fourth-order valence-corrected chi connectivity index (χ4v) is 2.30. The lowest BCUT2D eigenvalue weighted by molar-refractivity contribution is -0.122. The van der Waals surface area contributed by atoms with Crippen LogP contribution in [0.2, 0.25) is 0 Å². The van der Waals surface area contributed by atoms with Crippen LogP contribution in [-0.4, -0.2) is 30.4 Å². The minimum atomic E-state index is -0.632. The van der Waals surface area contributed by atoms with Gasteiger partial charge in [-0.1, -0.05) is 32.0 Å². The molecular formula is C19H25N3O3. The average molecular weight is 343 g/mol. The van der Waals surface area contributed by atoms with Crippen LogP contribution in [0.25, 0.3) is 0 Å². The highest BCUT2D eigenvalue weighted by Crippen LogP contribution is 2.11. The predicted molar refractivity (Wildman–Crippen MR) is 97.3 cm³/mol. The smallest absolute Gasteiger partial charge is 0.255 e. The summed E-state index contributed by atoms with van der Waals surface area (Å²) in [6.07, 6.45) is 2.76. The van der Waals surface area contributed by atoms with Crippen molar-refractivity contribution in [2.45, 2.75) is 32.9 Å². The zero-order valence-electron chi connectivity index (χ0n) is 14.8. The summed E-state index contributed by atoms with van der Waals surface area (Å²) in [5.74, 6) is -0.229. The lowest BCUT2D eigenvalue weighted by Crippen LogP contribution is -2.48. The molecule has 25 heavy (non-hydrogen) atoms. The molecule has 0 spiro atoms. The van der Waals surface area contributed by atoms with Crippen molar-refractivity contribution in [1.82, 2.24) is 10.6 Å². The molecule has 2 aromatic rings. The zero-order valence-corrected chi connectivity index (χ0v) is 14.8. The molecule has 134 valence electrons. The first-order valence-electron chi connectivity index (χ1n) is 8.39. The van der Waals surface area contributed by atoms with Gasteiger partial charge in [0.15, 0.2) is 0 Å². The van der Waals surface area contributed by atoms with Crippen LogP contribution in [0, 0.1) is 5.92 Å². The normalized spacial score (nSPS) is 13.1. The van der Waals surface area contributed by atoms with E-state index in [-0.39, 0.29) is 17.9 Å². The number of benzene rings is 1. The Morgan fingerprint density at radius 1 is 1.08 bits per heavy atom.